The Labute approximate surface area is 124 Å². The fourth-order valence-corrected chi connectivity index (χ4v) is 3.18. The highest BCUT2D eigenvalue weighted by Gasteiger charge is 2.19. The van der Waals surface area contributed by atoms with E-state index < -0.39 is 5.97 Å². The first kappa shape index (κ1) is 13.0. The van der Waals surface area contributed by atoms with Crippen LogP contribution in [0.5, 0.6) is 0 Å². The van der Waals surface area contributed by atoms with Crippen LogP contribution in [0.1, 0.15) is 9.67 Å². The van der Waals surface area contributed by atoms with Gasteiger partial charge in [-0.25, -0.2) is 4.79 Å². The average molecular weight is 304 g/mol. The van der Waals surface area contributed by atoms with Crippen molar-refractivity contribution in [2.24, 2.45) is 0 Å². The van der Waals surface area contributed by atoms with Crippen molar-refractivity contribution in [2.75, 3.05) is 4.42 Å². The molecule has 5 heteroatoms. The van der Waals surface area contributed by atoms with Crippen LogP contribution in [0.25, 0.3) is 10.8 Å². The number of aromatic carboxylic acids is 1. The lowest BCUT2D eigenvalue weighted by molar-refractivity contribution is 0.0703. The highest BCUT2D eigenvalue weighted by molar-refractivity contribution is 7.12. The molecule has 2 aromatic carbocycles. The molecule has 0 aliphatic heterocycles. The third kappa shape index (κ3) is 2.13. The summed E-state index contributed by atoms with van der Waals surface area (Å²) in [5.74, 6) is -0.971. The Morgan fingerprint density at radius 3 is 2.60 bits per heavy atom. The van der Waals surface area contributed by atoms with Gasteiger partial charge in [0.05, 0.1) is 11.4 Å². The predicted octanol–water partition coefficient (Wildman–Crippen LogP) is 4.89. The molecule has 20 heavy (non-hydrogen) atoms. The minimum atomic E-state index is -0.971. The number of carboxylic acids is 1. The van der Waals surface area contributed by atoms with Gasteiger partial charge in [0.25, 0.3) is 0 Å². The summed E-state index contributed by atoms with van der Waals surface area (Å²) in [4.78, 5) is 11.4. The maximum absolute atomic E-state index is 11.2. The molecular formula is C15H10ClNO2S. The van der Waals surface area contributed by atoms with Crippen molar-refractivity contribution in [1.82, 2.24) is 0 Å². The first-order chi connectivity index (χ1) is 9.68. The van der Waals surface area contributed by atoms with E-state index in [1.54, 1.807) is 11.4 Å². The number of nitrogens with zero attached hydrogens (tertiary/aromatic N) is 1. The average Bonchev–Trinajstić information content (AvgIpc) is 2.95. The Kier molecular flexibility index (Phi) is 3.34. The molecule has 0 spiro atoms. The zero-order chi connectivity index (χ0) is 14.1. The molecule has 0 aliphatic rings. The van der Waals surface area contributed by atoms with Gasteiger partial charge in [0.2, 0.25) is 0 Å². The molecule has 0 radical (unpaired) electrons. The van der Waals surface area contributed by atoms with E-state index in [2.05, 4.69) is 0 Å². The lowest BCUT2D eigenvalue weighted by Gasteiger charge is -2.17. The van der Waals surface area contributed by atoms with Crippen molar-refractivity contribution < 1.29 is 9.90 Å². The third-order valence-corrected chi connectivity index (χ3v) is 4.28. The standard InChI is InChI=1S/C15H10ClNO2S/c16-17(13-8-9-20-14(13)15(18)19)12-7-3-5-10-4-1-2-6-11(10)12/h1-9H,(H,18,19). The van der Waals surface area contributed by atoms with Crippen molar-refractivity contribution in [2.45, 2.75) is 0 Å². The van der Waals surface area contributed by atoms with Crippen LogP contribution in [0.4, 0.5) is 11.4 Å². The number of hydrogen-bond donors (Lipinski definition) is 1. The first-order valence-electron chi connectivity index (χ1n) is 5.93. The number of fused-ring (bicyclic) bond motifs is 1. The van der Waals surface area contributed by atoms with E-state index in [9.17, 15) is 9.90 Å². The van der Waals surface area contributed by atoms with E-state index in [1.165, 1.54) is 4.42 Å². The largest absolute Gasteiger partial charge is 0.477 e. The Morgan fingerprint density at radius 2 is 1.80 bits per heavy atom. The van der Waals surface area contributed by atoms with Crippen LogP contribution in [0.2, 0.25) is 0 Å². The Balaban J connectivity index is 2.15. The molecule has 0 unspecified atom stereocenters. The summed E-state index contributed by atoms with van der Waals surface area (Å²) in [6.45, 7) is 0. The van der Waals surface area contributed by atoms with Gasteiger partial charge in [-0.2, -0.15) is 0 Å². The van der Waals surface area contributed by atoms with Crippen LogP contribution in [-0.2, 0) is 0 Å². The Morgan fingerprint density at radius 1 is 1.05 bits per heavy atom. The maximum Gasteiger partial charge on any atom is 0.348 e. The number of hydrogen-bond acceptors (Lipinski definition) is 3. The quantitative estimate of drug-likeness (QED) is 0.700. The first-order valence-corrected chi connectivity index (χ1v) is 7.14. The highest BCUT2D eigenvalue weighted by Crippen LogP contribution is 2.37. The second-order valence-corrected chi connectivity index (χ2v) is 5.47. The van der Waals surface area contributed by atoms with Crippen molar-refractivity contribution in [3.63, 3.8) is 0 Å². The minimum absolute atomic E-state index is 0.230. The third-order valence-electron chi connectivity index (χ3n) is 3.03. The van der Waals surface area contributed by atoms with Crippen LogP contribution in [-0.4, -0.2) is 11.1 Å². The summed E-state index contributed by atoms with van der Waals surface area (Å²) in [5.41, 5.74) is 1.26. The number of carboxylic acid groups (broad SMARTS) is 1. The molecule has 0 saturated carbocycles. The van der Waals surface area contributed by atoms with E-state index in [0.29, 0.717) is 5.69 Å². The summed E-state index contributed by atoms with van der Waals surface area (Å²) in [6, 6.07) is 15.3. The summed E-state index contributed by atoms with van der Waals surface area (Å²) in [6.07, 6.45) is 0. The zero-order valence-corrected chi connectivity index (χ0v) is 11.9. The normalized spacial score (nSPS) is 10.7. The fraction of sp³-hybridized carbons (Fsp3) is 0. The number of anilines is 2. The molecule has 1 heterocycles. The maximum atomic E-state index is 11.2. The molecule has 1 N–H and O–H groups in total. The molecule has 1 aromatic heterocycles. The van der Waals surface area contributed by atoms with E-state index in [4.69, 9.17) is 11.8 Å². The van der Waals surface area contributed by atoms with E-state index in [0.717, 1.165) is 27.8 Å². The molecule has 3 aromatic rings. The summed E-state index contributed by atoms with van der Waals surface area (Å²) >= 11 is 7.54. The minimum Gasteiger partial charge on any atom is -0.477 e. The van der Waals surface area contributed by atoms with Gasteiger partial charge in [-0.15, -0.1) is 11.3 Å². The topological polar surface area (TPSA) is 40.5 Å². The van der Waals surface area contributed by atoms with E-state index >= 15 is 0 Å². The number of rotatable bonds is 3. The number of halogens is 1. The monoisotopic (exact) mass is 303 g/mol. The molecule has 100 valence electrons. The Bertz CT molecular complexity index is 779. The van der Waals surface area contributed by atoms with Crippen molar-refractivity contribution in [1.29, 1.82) is 0 Å². The lowest BCUT2D eigenvalue weighted by Crippen LogP contribution is -2.06. The van der Waals surface area contributed by atoms with Crippen LogP contribution >= 0.6 is 23.1 Å². The number of carbonyl (C=O) groups is 1. The molecule has 3 rings (SSSR count). The summed E-state index contributed by atoms with van der Waals surface area (Å²) < 4.78 is 1.41. The Hall–Kier alpha value is -2.04. The second-order valence-electron chi connectivity index (χ2n) is 4.22. The molecule has 0 aliphatic carbocycles. The van der Waals surface area contributed by atoms with Gasteiger partial charge in [-0.3, -0.25) is 4.42 Å². The summed E-state index contributed by atoms with van der Waals surface area (Å²) in [7, 11) is 0. The van der Waals surface area contributed by atoms with Crippen LogP contribution in [0.15, 0.2) is 53.9 Å². The van der Waals surface area contributed by atoms with Gasteiger partial charge < -0.3 is 5.11 Å². The molecule has 0 atom stereocenters. The van der Waals surface area contributed by atoms with Crippen LogP contribution in [0.3, 0.4) is 0 Å². The molecule has 0 amide bonds. The van der Waals surface area contributed by atoms with E-state index in [1.807, 2.05) is 42.5 Å². The van der Waals surface area contributed by atoms with Gasteiger partial charge in [0.15, 0.2) is 0 Å². The van der Waals surface area contributed by atoms with Crippen molar-refractivity contribution in [3.8, 4) is 0 Å². The van der Waals surface area contributed by atoms with Crippen LogP contribution < -0.4 is 4.42 Å². The van der Waals surface area contributed by atoms with Gasteiger partial charge in [0, 0.05) is 17.2 Å². The lowest BCUT2D eigenvalue weighted by atomic mass is 10.1. The predicted molar refractivity (Wildman–Crippen MR) is 83.2 cm³/mol. The number of benzene rings is 2. The molecule has 0 fully saturated rings. The van der Waals surface area contributed by atoms with Gasteiger partial charge in [-0.05, 0) is 22.9 Å². The molecule has 3 nitrogen and oxygen atoms in total. The summed E-state index contributed by atoms with van der Waals surface area (Å²) in [5, 5.41) is 12.9. The van der Waals surface area contributed by atoms with Gasteiger partial charge >= 0.3 is 5.97 Å². The zero-order valence-electron chi connectivity index (χ0n) is 10.3. The fourth-order valence-electron chi connectivity index (χ4n) is 2.13. The highest BCUT2D eigenvalue weighted by atomic mass is 35.5. The van der Waals surface area contributed by atoms with Gasteiger partial charge in [-0.1, -0.05) is 36.4 Å². The number of thiophene rings is 1. The molecular weight excluding hydrogens is 294 g/mol. The second kappa shape index (κ2) is 5.15. The SMILES string of the molecule is O=C(O)c1sccc1N(Cl)c1cccc2ccccc12. The van der Waals surface area contributed by atoms with Crippen molar-refractivity contribution >= 4 is 51.2 Å². The van der Waals surface area contributed by atoms with Crippen molar-refractivity contribution in [3.05, 3.63) is 58.8 Å². The smallest absolute Gasteiger partial charge is 0.348 e. The molecule has 0 bridgehead atoms. The van der Waals surface area contributed by atoms with E-state index in [-0.39, 0.29) is 4.88 Å². The van der Waals surface area contributed by atoms with Crippen LogP contribution in [0, 0.1) is 0 Å². The van der Waals surface area contributed by atoms with Gasteiger partial charge in [0.1, 0.15) is 4.88 Å². The molecule has 0 saturated heterocycles.